The van der Waals surface area contributed by atoms with Crippen LogP contribution in [-0.2, 0) is 9.68 Å². The molecular formula is C8H14O3. The highest BCUT2D eigenvalue weighted by Crippen LogP contribution is 2.58. The van der Waals surface area contributed by atoms with Gasteiger partial charge in [0.1, 0.15) is 0 Å². The van der Waals surface area contributed by atoms with Crippen LogP contribution in [0.25, 0.3) is 0 Å². The van der Waals surface area contributed by atoms with Crippen LogP contribution in [0.1, 0.15) is 33.6 Å². The van der Waals surface area contributed by atoms with Crippen LogP contribution in [0.3, 0.4) is 0 Å². The molecular weight excluding hydrogens is 144 g/mol. The zero-order valence-electron chi connectivity index (χ0n) is 7.18. The van der Waals surface area contributed by atoms with Gasteiger partial charge in [0.2, 0.25) is 0 Å². The van der Waals surface area contributed by atoms with Gasteiger partial charge >= 0.3 is 5.97 Å². The van der Waals surface area contributed by atoms with Gasteiger partial charge in [0.15, 0.2) is 0 Å². The first-order chi connectivity index (χ1) is 4.94. The van der Waals surface area contributed by atoms with E-state index in [1.165, 1.54) is 0 Å². The second-order valence-electron chi connectivity index (χ2n) is 4.21. The van der Waals surface area contributed by atoms with Crippen molar-refractivity contribution < 1.29 is 14.9 Å². The van der Waals surface area contributed by atoms with E-state index in [9.17, 15) is 4.79 Å². The van der Waals surface area contributed by atoms with Gasteiger partial charge in [-0.15, -0.1) is 0 Å². The second kappa shape index (κ2) is 2.21. The van der Waals surface area contributed by atoms with Crippen molar-refractivity contribution in [1.82, 2.24) is 0 Å². The van der Waals surface area contributed by atoms with Crippen molar-refractivity contribution in [3.8, 4) is 0 Å². The van der Waals surface area contributed by atoms with Crippen LogP contribution in [0.15, 0.2) is 0 Å². The summed E-state index contributed by atoms with van der Waals surface area (Å²) in [7, 11) is 0. The van der Waals surface area contributed by atoms with Crippen molar-refractivity contribution in [3.05, 3.63) is 0 Å². The summed E-state index contributed by atoms with van der Waals surface area (Å²) in [6, 6.07) is 0. The molecule has 0 aliphatic heterocycles. The molecule has 0 unspecified atom stereocenters. The van der Waals surface area contributed by atoms with Gasteiger partial charge in [-0.2, -0.15) is 5.26 Å². The largest absolute Gasteiger partial charge is 0.348 e. The first-order valence-corrected chi connectivity index (χ1v) is 3.80. The molecule has 0 aromatic heterocycles. The molecule has 1 fully saturated rings. The molecule has 0 aromatic rings. The van der Waals surface area contributed by atoms with Gasteiger partial charge in [-0.25, -0.2) is 4.79 Å². The predicted octanol–water partition coefficient (Wildman–Crippen LogP) is 1.83. The Balaban J connectivity index is 2.76. The molecule has 0 bridgehead atoms. The van der Waals surface area contributed by atoms with Gasteiger partial charge in [0, 0.05) is 0 Å². The third-order valence-electron chi connectivity index (χ3n) is 2.66. The predicted molar refractivity (Wildman–Crippen MR) is 39.8 cm³/mol. The lowest BCUT2D eigenvalue weighted by Crippen LogP contribution is -2.31. The quantitative estimate of drug-likeness (QED) is 0.467. The Hall–Kier alpha value is -0.570. The summed E-state index contributed by atoms with van der Waals surface area (Å²) < 4.78 is 0. The van der Waals surface area contributed by atoms with Gasteiger partial charge in [-0.1, -0.05) is 20.8 Å². The zero-order valence-corrected chi connectivity index (χ0v) is 7.18. The summed E-state index contributed by atoms with van der Waals surface area (Å²) in [6.07, 6.45) is 1.66. The second-order valence-corrected chi connectivity index (χ2v) is 4.21. The van der Waals surface area contributed by atoms with Crippen molar-refractivity contribution >= 4 is 5.97 Å². The Labute approximate surface area is 66.3 Å². The van der Waals surface area contributed by atoms with E-state index in [-0.39, 0.29) is 5.41 Å². The normalized spacial score (nSPS) is 21.1. The maximum Gasteiger partial charge on any atom is 0.348 e. The maximum absolute atomic E-state index is 11.1. The van der Waals surface area contributed by atoms with Crippen molar-refractivity contribution in [3.63, 3.8) is 0 Å². The summed E-state index contributed by atoms with van der Waals surface area (Å²) in [5, 5.41) is 8.22. The van der Waals surface area contributed by atoms with Crippen LogP contribution in [0.2, 0.25) is 0 Å². The van der Waals surface area contributed by atoms with Crippen LogP contribution >= 0.6 is 0 Å². The van der Waals surface area contributed by atoms with E-state index in [0.717, 1.165) is 12.8 Å². The summed E-state index contributed by atoms with van der Waals surface area (Å²) in [4.78, 5) is 14.8. The first kappa shape index (κ1) is 8.53. The zero-order chi connectivity index (χ0) is 8.70. The smallest absolute Gasteiger partial charge is 0.300 e. The molecule has 1 saturated carbocycles. The fraction of sp³-hybridized carbons (Fsp3) is 0.875. The molecule has 0 aromatic carbocycles. The monoisotopic (exact) mass is 158 g/mol. The lowest BCUT2D eigenvalue weighted by atomic mass is 9.78. The van der Waals surface area contributed by atoms with Crippen LogP contribution in [0.5, 0.6) is 0 Å². The lowest BCUT2D eigenvalue weighted by molar-refractivity contribution is -0.244. The van der Waals surface area contributed by atoms with Crippen LogP contribution in [0, 0.1) is 10.8 Å². The SMILES string of the molecule is CC(C)(C)C1(C(=O)OO)CC1. The molecule has 1 aliphatic carbocycles. The third kappa shape index (κ3) is 1.13. The van der Waals surface area contributed by atoms with E-state index < -0.39 is 11.4 Å². The summed E-state index contributed by atoms with van der Waals surface area (Å²) in [5.41, 5.74) is -0.519. The fourth-order valence-corrected chi connectivity index (χ4v) is 1.47. The summed E-state index contributed by atoms with van der Waals surface area (Å²) >= 11 is 0. The Morgan fingerprint density at radius 1 is 1.45 bits per heavy atom. The van der Waals surface area contributed by atoms with Crippen LogP contribution < -0.4 is 0 Å². The van der Waals surface area contributed by atoms with Crippen molar-refractivity contribution in [2.45, 2.75) is 33.6 Å². The molecule has 1 aliphatic rings. The van der Waals surface area contributed by atoms with Gasteiger partial charge < -0.3 is 4.89 Å². The van der Waals surface area contributed by atoms with E-state index in [1.54, 1.807) is 0 Å². The first-order valence-electron chi connectivity index (χ1n) is 3.80. The number of carbonyl (C=O) groups is 1. The minimum absolute atomic E-state index is 0.104. The Morgan fingerprint density at radius 3 is 2.00 bits per heavy atom. The van der Waals surface area contributed by atoms with Gasteiger partial charge in [0.25, 0.3) is 0 Å². The highest BCUT2D eigenvalue weighted by Gasteiger charge is 2.59. The Kier molecular flexibility index (Phi) is 1.71. The van der Waals surface area contributed by atoms with Crippen LogP contribution in [0.4, 0.5) is 0 Å². The highest BCUT2D eigenvalue weighted by molar-refractivity contribution is 5.80. The van der Waals surface area contributed by atoms with Crippen molar-refractivity contribution in [2.75, 3.05) is 0 Å². The molecule has 0 atom stereocenters. The number of carbonyl (C=O) groups excluding carboxylic acids is 1. The standard InChI is InChI=1S/C8H14O3/c1-7(2,3)8(4-5-8)6(9)11-10/h10H,4-5H2,1-3H3. The Bertz CT molecular complexity index is 174. The van der Waals surface area contributed by atoms with Gasteiger partial charge in [-0.05, 0) is 18.3 Å². The number of rotatable bonds is 1. The molecule has 3 nitrogen and oxygen atoms in total. The average molecular weight is 158 g/mol. The minimum Gasteiger partial charge on any atom is -0.300 e. The number of hydrogen-bond acceptors (Lipinski definition) is 3. The molecule has 0 saturated heterocycles. The fourth-order valence-electron chi connectivity index (χ4n) is 1.47. The average Bonchev–Trinajstić information content (AvgIpc) is 2.63. The molecule has 1 rings (SSSR count). The van der Waals surface area contributed by atoms with E-state index in [0.29, 0.717) is 0 Å². The van der Waals surface area contributed by atoms with E-state index in [2.05, 4.69) is 4.89 Å². The van der Waals surface area contributed by atoms with Crippen molar-refractivity contribution in [2.24, 2.45) is 10.8 Å². The van der Waals surface area contributed by atoms with E-state index in [4.69, 9.17) is 5.26 Å². The topological polar surface area (TPSA) is 46.5 Å². The van der Waals surface area contributed by atoms with Crippen molar-refractivity contribution in [1.29, 1.82) is 0 Å². The van der Waals surface area contributed by atoms with E-state index >= 15 is 0 Å². The third-order valence-corrected chi connectivity index (χ3v) is 2.66. The molecule has 3 heteroatoms. The summed E-state index contributed by atoms with van der Waals surface area (Å²) in [6.45, 7) is 5.95. The molecule has 11 heavy (non-hydrogen) atoms. The molecule has 64 valence electrons. The van der Waals surface area contributed by atoms with Gasteiger partial charge in [-0.3, -0.25) is 0 Å². The lowest BCUT2D eigenvalue weighted by Gasteiger charge is -2.26. The molecule has 1 N–H and O–H groups in total. The van der Waals surface area contributed by atoms with E-state index in [1.807, 2.05) is 20.8 Å². The molecule has 0 heterocycles. The molecule has 0 spiro atoms. The summed E-state index contributed by atoms with van der Waals surface area (Å²) in [5.74, 6) is -0.481. The van der Waals surface area contributed by atoms with Crippen LogP contribution in [-0.4, -0.2) is 11.2 Å². The van der Waals surface area contributed by atoms with Gasteiger partial charge in [0.05, 0.1) is 5.41 Å². The minimum atomic E-state index is -0.481. The maximum atomic E-state index is 11.1. The molecule has 0 amide bonds. The molecule has 0 radical (unpaired) electrons. The number of hydrogen-bond donors (Lipinski definition) is 1. The Morgan fingerprint density at radius 2 is 1.91 bits per heavy atom. The highest BCUT2D eigenvalue weighted by atomic mass is 17.1.